The molecule has 1 heterocycles. The van der Waals surface area contributed by atoms with Gasteiger partial charge in [-0.15, -0.1) is 0 Å². The van der Waals surface area contributed by atoms with E-state index < -0.39 is 19.0 Å². The molecule has 0 aromatic heterocycles. The zero-order valence-corrected chi connectivity index (χ0v) is 6.10. The van der Waals surface area contributed by atoms with Gasteiger partial charge in [-0.05, 0) is 0 Å². The molecule has 2 unspecified atom stereocenters. The predicted molar refractivity (Wildman–Crippen MR) is 31.3 cm³/mol. The van der Waals surface area contributed by atoms with Crippen molar-refractivity contribution < 1.29 is 27.0 Å². The molecule has 0 bridgehead atoms. The van der Waals surface area contributed by atoms with Crippen LogP contribution in [-0.2, 0) is 9.47 Å². The van der Waals surface area contributed by atoms with Crippen molar-refractivity contribution in [1.29, 1.82) is 0 Å². The fraction of sp³-hybridized carbons (Fsp3) is 1.00. The van der Waals surface area contributed by atoms with Gasteiger partial charge < -0.3 is 9.47 Å². The van der Waals surface area contributed by atoms with Crippen LogP contribution in [0.25, 0.3) is 0 Å². The van der Waals surface area contributed by atoms with Gasteiger partial charge in [0.1, 0.15) is 6.10 Å². The molecule has 0 aromatic carbocycles. The molecule has 0 aliphatic carbocycles. The van der Waals surface area contributed by atoms with Crippen molar-refractivity contribution in [2.45, 2.75) is 25.1 Å². The maximum Gasteiger partial charge on any atom is 0.394 e. The first-order valence-corrected chi connectivity index (χ1v) is 3.41. The third-order valence-corrected chi connectivity index (χ3v) is 1.26. The number of hydrogen-bond acceptors (Lipinski definition) is 2. The summed E-state index contributed by atoms with van der Waals surface area (Å²) in [6.07, 6.45) is -8.55. The molecule has 0 amide bonds. The summed E-state index contributed by atoms with van der Waals surface area (Å²) in [7, 11) is 0. The normalized spacial score (nSPS) is 25.5. The molecule has 0 aromatic rings. The van der Waals surface area contributed by atoms with Crippen molar-refractivity contribution in [2.24, 2.45) is 0 Å². The van der Waals surface area contributed by atoms with Crippen molar-refractivity contribution in [3.63, 3.8) is 0 Å². The first kappa shape index (κ1) is 9.73. The Labute approximate surface area is 66.4 Å². The molecule has 72 valence electrons. The van der Waals surface area contributed by atoms with E-state index in [4.69, 9.17) is 0 Å². The molecule has 2 atom stereocenters. The number of ether oxygens (including phenoxy) is 2. The van der Waals surface area contributed by atoms with Gasteiger partial charge in [0.05, 0.1) is 19.6 Å². The van der Waals surface area contributed by atoms with Crippen LogP contribution in [-0.4, -0.2) is 31.9 Å². The molecule has 1 rings (SSSR count). The van der Waals surface area contributed by atoms with Crippen molar-refractivity contribution in [3.05, 3.63) is 0 Å². The molecular weight excluding hydrogens is 180 g/mol. The van der Waals surface area contributed by atoms with Crippen LogP contribution in [0.2, 0.25) is 0 Å². The van der Waals surface area contributed by atoms with Crippen LogP contribution < -0.4 is 0 Å². The number of rotatable bonds is 4. The molecule has 1 aliphatic heterocycles. The molecule has 0 radical (unpaired) electrons. The topological polar surface area (TPSA) is 21.8 Å². The van der Waals surface area contributed by atoms with Crippen molar-refractivity contribution in [1.82, 2.24) is 0 Å². The van der Waals surface area contributed by atoms with Crippen LogP contribution in [0.15, 0.2) is 0 Å². The highest BCUT2D eigenvalue weighted by Gasteiger charge is 2.33. The maximum atomic E-state index is 12.3. The monoisotopic (exact) mass is 188 g/mol. The maximum absolute atomic E-state index is 12.3. The second-order valence-corrected chi connectivity index (χ2v) is 2.52. The minimum Gasteiger partial charge on any atom is -0.371 e. The summed E-state index contributed by atoms with van der Waals surface area (Å²) >= 11 is 0. The van der Waals surface area contributed by atoms with Gasteiger partial charge in [-0.2, -0.15) is 13.2 Å². The van der Waals surface area contributed by atoms with Gasteiger partial charge >= 0.3 is 6.18 Å². The summed E-state index contributed by atoms with van der Waals surface area (Å²) in [6.45, 7) is 0.343. The fourth-order valence-corrected chi connectivity index (χ4v) is 0.617. The van der Waals surface area contributed by atoms with Crippen LogP contribution >= 0.6 is 0 Å². The van der Waals surface area contributed by atoms with E-state index in [0.717, 1.165) is 0 Å². The van der Waals surface area contributed by atoms with E-state index in [-0.39, 0.29) is 12.7 Å². The second kappa shape index (κ2) is 3.57. The van der Waals surface area contributed by atoms with Gasteiger partial charge in [-0.1, -0.05) is 0 Å². The zero-order valence-electron chi connectivity index (χ0n) is 6.10. The minimum atomic E-state index is -4.51. The lowest BCUT2D eigenvalue weighted by Gasteiger charge is -2.10. The molecule has 1 fully saturated rings. The molecule has 12 heavy (non-hydrogen) atoms. The molecule has 0 saturated carbocycles. The summed E-state index contributed by atoms with van der Waals surface area (Å²) < 4.78 is 55.6. The Morgan fingerprint density at radius 1 is 1.50 bits per heavy atom. The standard InChI is InChI=1S/C6H8F4O2/c7-5(1-6(8,9)10)12-3-4-2-11-4/h4-5H,1-3H2. The Bertz CT molecular complexity index is 143. The Morgan fingerprint density at radius 2 is 2.08 bits per heavy atom. The average molecular weight is 188 g/mol. The molecule has 0 spiro atoms. The Kier molecular flexibility index (Phi) is 2.89. The lowest BCUT2D eigenvalue weighted by atomic mass is 10.4. The molecule has 2 nitrogen and oxygen atoms in total. The van der Waals surface area contributed by atoms with Crippen LogP contribution in [0, 0.1) is 0 Å². The first-order valence-electron chi connectivity index (χ1n) is 3.41. The largest absolute Gasteiger partial charge is 0.394 e. The van der Waals surface area contributed by atoms with E-state index in [2.05, 4.69) is 9.47 Å². The van der Waals surface area contributed by atoms with Crippen molar-refractivity contribution in [3.8, 4) is 0 Å². The Morgan fingerprint density at radius 3 is 2.50 bits per heavy atom. The molecule has 1 saturated heterocycles. The summed E-state index contributed by atoms with van der Waals surface area (Å²) in [5.41, 5.74) is 0. The van der Waals surface area contributed by atoms with Crippen LogP contribution in [0.3, 0.4) is 0 Å². The quantitative estimate of drug-likeness (QED) is 0.494. The minimum absolute atomic E-state index is 0.1000. The van der Waals surface area contributed by atoms with Gasteiger partial charge in [0.15, 0.2) is 0 Å². The van der Waals surface area contributed by atoms with E-state index in [1.54, 1.807) is 0 Å². The van der Waals surface area contributed by atoms with E-state index in [0.29, 0.717) is 6.61 Å². The molecular formula is C6H8F4O2. The lowest BCUT2D eigenvalue weighted by Crippen LogP contribution is -2.20. The molecule has 0 N–H and O–H groups in total. The zero-order chi connectivity index (χ0) is 9.19. The summed E-state index contributed by atoms with van der Waals surface area (Å²) in [5.74, 6) is 0. The predicted octanol–water partition coefficient (Wildman–Crippen LogP) is 1.65. The summed E-state index contributed by atoms with van der Waals surface area (Å²) in [5, 5.41) is 0. The highest BCUT2D eigenvalue weighted by atomic mass is 19.4. The number of halogens is 4. The van der Waals surface area contributed by atoms with Gasteiger partial charge in [0.2, 0.25) is 6.36 Å². The van der Waals surface area contributed by atoms with Gasteiger partial charge in [-0.3, -0.25) is 0 Å². The van der Waals surface area contributed by atoms with Crippen LogP contribution in [0.1, 0.15) is 6.42 Å². The highest BCUT2D eigenvalue weighted by molar-refractivity contribution is 4.68. The van der Waals surface area contributed by atoms with E-state index >= 15 is 0 Å². The highest BCUT2D eigenvalue weighted by Crippen LogP contribution is 2.24. The van der Waals surface area contributed by atoms with Crippen LogP contribution in [0.4, 0.5) is 17.6 Å². The Balaban J connectivity index is 2.05. The van der Waals surface area contributed by atoms with Crippen LogP contribution in [0.5, 0.6) is 0 Å². The third kappa shape index (κ3) is 4.50. The van der Waals surface area contributed by atoms with Gasteiger partial charge in [-0.25, -0.2) is 4.39 Å². The smallest absolute Gasteiger partial charge is 0.371 e. The third-order valence-electron chi connectivity index (χ3n) is 1.26. The van der Waals surface area contributed by atoms with Gasteiger partial charge in [0.25, 0.3) is 0 Å². The van der Waals surface area contributed by atoms with Crippen molar-refractivity contribution in [2.75, 3.05) is 13.2 Å². The van der Waals surface area contributed by atoms with E-state index in [9.17, 15) is 17.6 Å². The fourth-order valence-electron chi connectivity index (χ4n) is 0.617. The summed E-state index contributed by atoms with van der Waals surface area (Å²) in [6, 6.07) is 0. The van der Waals surface area contributed by atoms with Gasteiger partial charge in [0, 0.05) is 0 Å². The van der Waals surface area contributed by atoms with Crippen molar-refractivity contribution >= 4 is 0 Å². The SMILES string of the molecule is FC(CC(F)(F)F)OCC1CO1. The number of epoxide rings is 1. The molecule has 6 heteroatoms. The summed E-state index contributed by atoms with van der Waals surface area (Å²) in [4.78, 5) is 0. The van der Waals surface area contributed by atoms with E-state index in [1.165, 1.54) is 0 Å². The molecule has 1 aliphatic rings. The number of alkyl halides is 4. The number of hydrogen-bond donors (Lipinski definition) is 0. The average Bonchev–Trinajstić information content (AvgIpc) is 2.61. The van der Waals surface area contributed by atoms with E-state index in [1.807, 2.05) is 0 Å². The Hall–Kier alpha value is -0.360. The lowest BCUT2D eigenvalue weighted by molar-refractivity contribution is -0.183. The second-order valence-electron chi connectivity index (χ2n) is 2.52. The first-order chi connectivity index (χ1) is 5.47.